The van der Waals surface area contributed by atoms with Gasteiger partial charge in [-0.05, 0) is 28.1 Å². The van der Waals surface area contributed by atoms with Gasteiger partial charge < -0.3 is 5.32 Å². The normalized spacial score (nSPS) is 9.38. The molecule has 0 saturated carbocycles. The Morgan fingerprint density at radius 1 is 1.46 bits per heavy atom. The molecule has 0 bridgehead atoms. The summed E-state index contributed by atoms with van der Waals surface area (Å²) in [5.74, 6) is 4.67. The Kier molecular flexibility index (Phi) is 3.72. The highest BCUT2D eigenvalue weighted by Crippen LogP contribution is 2.20. The van der Waals surface area contributed by atoms with Crippen molar-refractivity contribution in [3.05, 3.63) is 28.7 Å². The van der Waals surface area contributed by atoms with Gasteiger partial charge in [-0.3, -0.25) is 10.2 Å². The molecule has 4 nitrogen and oxygen atoms in total. The van der Waals surface area contributed by atoms with Crippen LogP contribution in [0, 0.1) is 0 Å². The summed E-state index contributed by atoms with van der Waals surface area (Å²) in [6.45, 7) is 0.166. The van der Waals surface area contributed by atoms with Gasteiger partial charge in [-0.25, -0.2) is 5.84 Å². The van der Waals surface area contributed by atoms with Crippen LogP contribution in [0.25, 0.3) is 0 Å². The zero-order valence-corrected chi connectivity index (χ0v) is 8.47. The lowest BCUT2D eigenvalue weighted by Crippen LogP contribution is -2.35. The maximum atomic E-state index is 10.8. The Morgan fingerprint density at radius 3 is 2.77 bits per heavy atom. The molecule has 0 aliphatic rings. The van der Waals surface area contributed by atoms with E-state index < -0.39 is 0 Å². The summed E-state index contributed by atoms with van der Waals surface area (Å²) < 4.78 is 0.917. The van der Waals surface area contributed by atoms with Gasteiger partial charge in [0.25, 0.3) is 5.91 Å². The van der Waals surface area contributed by atoms with E-state index in [1.807, 2.05) is 29.7 Å². The van der Waals surface area contributed by atoms with E-state index in [0.717, 1.165) is 10.2 Å². The Bertz CT molecular complexity index is 303. The van der Waals surface area contributed by atoms with Gasteiger partial charge in [-0.2, -0.15) is 0 Å². The lowest BCUT2D eigenvalue weighted by atomic mass is 10.3. The van der Waals surface area contributed by atoms with Crippen LogP contribution in [0.2, 0.25) is 0 Å². The number of rotatable bonds is 3. The number of benzene rings is 1. The van der Waals surface area contributed by atoms with Crippen molar-refractivity contribution in [3.63, 3.8) is 0 Å². The number of nitrogens with one attached hydrogen (secondary N) is 2. The number of anilines is 1. The number of nitrogens with two attached hydrogens (primary N) is 1. The van der Waals surface area contributed by atoms with Crippen LogP contribution in [0.1, 0.15) is 0 Å². The Morgan fingerprint density at radius 2 is 2.15 bits per heavy atom. The molecule has 1 rings (SSSR count). The zero-order chi connectivity index (χ0) is 9.68. The average Bonchev–Trinajstić information content (AvgIpc) is 2.16. The second-order valence-corrected chi connectivity index (χ2v) is 3.26. The van der Waals surface area contributed by atoms with Crippen molar-refractivity contribution in [2.75, 3.05) is 11.9 Å². The topological polar surface area (TPSA) is 67.1 Å². The van der Waals surface area contributed by atoms with Gasteiger partial charge in [0.1, 0.15) is 0 Å². The molecule has 0 aliphatic carbocycles. The molecule has 1 aromatic rings. The Labute approximate surface area is 84.6 Å². The number of hydrazine groups is 1. The van der Waals surface area contributed by atoms with Crippen molar-refractivity contribution >= 4 is 27.5 Å². The molecule has 0 unspecified atom stereocenters. The maximum Gasteiger partial charge on any atom is 0.253 e. The van der Waals surface area contributed by atoms with Crippen molar-refractivity contribution in [1.29, 1.82) is 0 Å². The van der Waals surface area contributed by atoms with E-state index in [1.54, 1.807) is 0 Å². The smallest absolute Gasteiger partial charge is 0.253 e. The summed E-state index contributed by atoms with van der Waals surface area (Å²) in [7, 11) is 0. The maximum absolute atomic E-state index is 10.8. The van der Waals surface area contributed by atoms with Crippen LogP contribution in [0.3, 0.4) is 0 Å². The molecule has 0 aliphatic heterocycles. The first-order valence-corrected chi connectivity index (χ1v) is 4.51. The first kappa shape index (κ1) is 10.0. The Hall–Kier alpha value is -1.07. The second kappa shape index (κ2) is 4.84. The van der Waals surface area contributed by atoms with E-state index >= 15 is 0 Å². The number of amides is 1. The van der Waals surface area contributed by atoms with Crippen LogP contribution in [0.15, 0.2) is 28.7 Å². The molecule has 70 valence electrons. The van der Waals surface area contributed by atoms with Gasteiger partial charge in [0.05, 0.1) is 6.54 Å². The van der Waals surface area contributed by atoms with E-state index in [0.29, 0.717) is 0 Å². The molecule has 0 atom stereocenters. The monoisotopic (exact) mass is 243 g/mol. The third kappa shape index (κ3) is 3.04. The standard InChI is InChI=1S/C8H10BrN3O/c9-6-3-1-2-4-7(6)11-5-8(13)12-10/h1-4,11H,5,10H2,(H,12,13). The van der Waals surface area contributed by atoms with Crippen molar-refractivity contribution in [1.82, 2.24) is 5.43 Å². The van der Waals surface area contributed by atoms with E-state index in [4.69, 9.17) is 5.84 Å². The Balaban J connectivity index is 2.54. The van der Waals surface area contributed by atoms with Gasteiger partial charge in [-0.1, -0.05) is 12.1 Å². The average molecular weight is 244 g/mol. The van der Waals surface area contributed by atoms with Gasteiger partial charge >= 0.3 is 0 Å². The highest BCUT2D eigenvalue weighted by atomic mass is 79.9. The van der Waals surface area contributed by atoms with Crippen molar-refractivity contribution in [2.24, 2.45) is 5.84 Å². The molecule has 5 heteroatoms. The molecule has 0 radical (unpaired) electrons. The summed E-state index contributed by atoms with van der Waals surface area (Å²) in [5.41, 5.74) is 2.90. The minimum atomic E-state index is -0.254. The fourth-order valence-corrected chi connectivity index (χ4v) is 1.26. The summed E-state index contributed by atoms with van der Waals surface area (Å²) >= 11 is 3.34. The van der Waals surface area contributed by atoms with Crippen molar-refractivity contribution < 1.29 is 4.79 Å². The van der Waals surface area contributed by atoms with Crippen LogP contribution < -0.4 is 16.6 Å². The molecular formula is C8H10BrN3O. The molecule has 0 heterocycles. The van der Waals surface area contributed by atoms with E-state index in [9.17, 15) is 4.79 Å². The van der Waals surface area contributed by atoms with Crippen LogP contribution >= 0.6 is 15.9 Å². The number of carbonyl (C=O) groups is 1. The van der Waals surface area contributed by atoms with Crippen molar-refractivity contribution in [3.8, 4) is 0 Å². The predicted molar refractivity (Wildman–Crippen MR) is 55.0 cm³/mol. The SMILES string of the molecule is NNC(=O)CNc1ccccc1Br. The second-order valence-electron chi connectivity index (χ2n) is 2.40. The van der Waals surface area contributed by atoms with Gasteiger partial charge in [-0.15, -0.1) is 0 Å². The quantitative estimate of drug-likeness (QED) is 0.419. The van der Waals surface area contributed by atoms with Gasteiger partial charge in [0.15, 0.2) is 0 Å². The first-order chi connectivity index (χ1) is 6.24. The fourth-order valence-electron chi connectivity index (χ4n) is 0.831. The third-order valence-electron chi connectivity index (χ3n) is 1.47. The lowest BCUT2D eigenvalue weighted by Gasteiger charge is -2.06. The molecule has 4 N–H and O–H groups in total. The van der Waals surface area contributed by atoms with Crippen LogP contribution in [0.4, 0.5) is 5.69 Å². The number of hydrogen-bond donors (Lipinski definition) is 3. The molecule has 0 fully saturated rings. The molecule has 13 heavy (non-hydrogen) atoms. The zero-order valence-electron chi connectivity index (χ0n) is 6.88. The number of hydrogen-bond acceptors (Lipinski definition) is 3. The molecule has 0 aromatic heterocycles. The summed E-state index contributed by atoms with van der Waals surface area (Å²) in [4.78, 5) is 10.8. The number of halogens is 1. The highest BCUT2D eigenvalue weighted by molar-refractivity contribution is 9.10. The largest absolute Gasteiger partial charge is 0.375 e. The number of para-hydroxylation sites is 1. The van der Waals surface area contributed by atoms with Gasteiger partial charge in [0, 0.05) is 10.2 Å². The summed E-state index contributed by atoms with van der Waals surface area (Å²) in [6, 6.07) is 7.54. The summed E-state index contributed by atoms with van der Waals surface area (Å²) in [5, 5.41) is 2.92. The first-order valence-electron chi connectivity index (χ1n) is 3.72. The fraction of sp³-hybridized carbons (Fsp3) is 0.125. The molecule has 1 aromatic carbocycles. The minimum absolute atomic E-state index is 0.166. The van der Waals surface area contributed by atoms with Crippen molar-refractivity contribution in [2.45, 2.75) is 0 Å². The van der Waals surface area contributed by atoms with E-state index in [2.05, 4.69) is 21.2 Å². The van der Waals surface area contributed by atoms with Gasteiger partial charge in [0.2, 0.25) is 0 Å². The third-order valence-corrected chi connectivity index (χ3v) is 2.17. The lowest BCUT2D eigenvalue weighted by molar-refractivity contribution is -0.119. The molecule has 0 saturated heterocycles. The molecule has 0 spiro atoms. The minimum Gasteiger partial charge on any atom is -0.375 e. The predicted octanol–water partition coefficient (Wildman–Crippen LogP) is 0.851. The van der Waals surface area contributed by atoms with Crippen LogP contribution in [-0.2, 0) is 4.79 Å². The number of carbonyl (C=O) groups excluding carboxylic acids is 1. The van der Waals surface area contributed by atoms with Crippen LogP contribution in [-0.4, -0.2) is 12.5 Å². The van der Waals surface area contributed by atoms with E-state index in [1.165, 1.54) is 0 Å². The summed E-state index contributed by atoms with van der Waals surface area (Å²) in [6.07, 6.45) is 0. The highest BCUT2D eigenvalue weighted by Gasteiger charge is 2.00. The van der Waals surface area contributed by atoms with E-state index in [-0.39, 0.29) is 12.5 Å². The molecular weight excluding hydrogens is 234 g/mol. The molecule has 1 amide bonds. The van der Waals surface area contributed by atoms with Crippen LogP contribution in [0.5, 0.6) is 0 Å².